The Morgan fingerprint density at radius 2 is 1.25 bits per heavy atom. The molecular weight excluding hydrogens is 216 g/mol. The average Bonchev–Trinajstić information content (AvgIpc) is 2.29. The number of hydrogen-bond acceptors (Lipinski definition) is 5. The van der Waals surface area contributed by atoms with Crippen LogP contribution in [0.5, 0.6) is 0 Å². The molecular formula is C9H18N2O5. The first-order chi connectivity index (χ1) is 7.35. The van der Waals surface area contributed by atoms with E-state index in [-0.39, 0.29) is 13.2 Å². The van der Waals surface area contributed by atoms with Gasteiger partial charge in [-0.05, 0) is 12.2 Å². The molecule has 0 aromatic rings. The Morgan fingerprint density at radius 1 is 1.06 bits per heavy atom. The van der Waals surface area contributed by atoms with E-state index >= 15 is 0 Å². The molecule has 0 fully saturated rings. The van der Waals surface area contributed by atoms with Crippen molar-refractivity contribution in [1.29, 1.82) is 0 Å². The van der Waals surface area contributed by atoms with Crippen LogP contribution in [0.15, 0.2) is 25.3 Å². The molecule has 0 saturated heterocycles. The Kier molecular flexibility index (Phi) is 19.5. The molecule has 0 aliphatic rings. The lowest BCUT2D eigenvalue weighted by Crippen LogP contribution is -2.15. The zero-order valence-corrected chi connectivity index (χ0v) is 8.87. The molecule has 0 aromatic heterocycles. The Bertz CT molecular complexity index is 196. The molecule has 7 heteroatoms. The van der Waals surface area contributed by atoms with Crippen molar-refractivity contribution in [3.05, 3.63) is 25.3 Å². The second-order valence-corrected chi connectivity index (χ2v) is 2.23. The molecule has 0 rings (SSSR count). The summed E-state index contributed by atoms with van der Waals surface area (Å²) in [4.78, 5) is 18.9. The highest BCUT2D eigenvalue weighted by Crippen LogP contribution is 1.71. The lowest BCUT2D eigenvalue weighted by molar-refractivity contribution is -0.114. The van der Waals surface area contributed by atoms with Crippen LogP contribution in [0.25, 0.3) is 0 Å². The summed E-state index contributed by atoms with van der Waals surface area (Å²) in [5, 5.41) is 24.0. The molecule has 0 unspecified atom stereocenters. The predicted octanol–water partition coefficient (Wildman–Crippen LogP) is -2.35. The van der Waals surface area contributed by atoms with Crippen molar-refractivity contribution in [2.75, 3.05) is 13.2 Å². The van der Waals surface area contributed by atoms with Crippen molar-refractivity contribution in [3.63, 3.8) is 0 Å². The van der Waals surface area contributed by atoms with E-state index in [9.17, 15) is 9.59 Å². The Morgan fingerprint density at radius 3 is 1.25 bits per heavy atom. The Balaban J connectivity index is -0.000000160. The average molecular weight is 234 g/mol. The van der Waals surface area contributed by atoms with E-state index in [2.05, 4.69) is 24.6 Å². The number of aliphatic hydroxyl groups excluding tert-OH is 3. The number of carbonyl (C=O) groups is 2. The molecule has 0 aromatic carbocycles. The molecule has 0 bridgehead atoms. The SMILES string of the molecule is C=CC(N)=O.C=CC(N)=O.OCC(O)CO. The van der Waals surface area contributed by atoms with E-state index < -0.39 is 17.9 Å². The maximum Gasteiger partial charge on any atom is 0.240 e. The van der Waals surface area contributed by atoms with E-state index in [0.29, 0.717) is 0 Å². The fraction of sp³-hybridized carbons (Fsp3) is 0.333. The highest BCUT2D eigenvalue weighted by Gasteiger charge is 1.93. The normalized spacial score (nSPS) is 7.75. The number of nitrogens with two attached hydrogens (primary N) is 2. The van der Waals surface area contributed by atoms with Crippen LogP contribution in [0.3, 0.4) is 0 Å². The maximum absolute atomic E-state index is 9.47. The number of carbonyl (C=O) groups excluding carboxylic acids is 2. The standard InChI is InChI=1S/2C3H5NO.C3H8O3/c2*1-2-3(4)5;4-1-3(6)2-5/h2*2H,1H2,(H2,4,5);3-6H,1-2H2. The van der Waals surface area contributed by atoms with Crippen LogP contribution in [0.1, 0.15) is 0 Å². The van der Waals surface area contributed by atoms with Gasteiger partial charge in [0.25, 0.3) is 0 Å². The molecule has 7 nitrogen and oxygen atoms in total. The second kappa shape index (κ2) is 15.8. The third-order valence-corrected chi connectivity index (χ3v) is 0.824. The maximum atomic E-state index is 9.47. The molecule has 0 atom stereocenters. The second-order valence-electron chi connectivity index (χ2n) is 2.23. The molecule has 0 saturated carbocycles. The Labute approximate surface area is 93.7 Å². The van der Waals surface area contributed by atoms with Gasteiger partial charge in [0.05, 0.1) is 13.2 Å². The van der Waals surface area contributed by atoms with E-state index in [1.165, 1.54) is 0 Å². The molecule has 0 aliphatic heterocycles. The van der Waals surface area contributed by atoms with Crippen molar-refractivity contribution in [3.8, 4) is 0 Å². The van der Waals surface area contributed by atoms with E-state index in [1.54, 1.807) is 0 Å². The molecule has 7 N–H and O–H groups in total. The van der Waals surface area contributed by atoms with Gasteiger partial charge >= 0.3 is 0 Å². The van der Waals surface area contributed by atoms with Crippen molar-refractivity contribution >= 4 is 11.8 Å². The zero-order chi connectivity index (χ0) is 13.6. The summed E-state index contributed by atoms with van der Waals surface area (Å²) < 4.78 is 0. The Hall–Kier alpha value is -1.70. The van der Waals surface area contributed by atoms with Gasteiger partial charge in [-0.1, -0.05) is 13.2 Å². The van der Waals surface area contributed by atoms with Crippen LogP contribution in [0, 0.1) is 0 Å². The van der Waals surface area contributed by atoms with E-state index in [0.717, 1.165) is 12.2 Å². The summed E-state index contributed by atoms with van der Waals surface area (Å²) in [7, 11) is 0. The van der Waals surface area contributed by atoms with Crippen molar-refractivity contribution < 1.29 is 24.9 Å². The highest BCUT2D eigenvalue weighted by molar-refractivity contribution is 5.85. The van der Waals surface area contributed by atoms with Gasteiger partial charge in [-0.2, -0.15) is 0 Å². The lowest BCUT2D eigenvalue weighted by atomic mass is 10.4. The van der Waals surface area contributed by atoms with Gasteiger partial charge in [-0.15, -0.1) is 0 Å². The molecule has 16 heavy (non-hydrogen) atoms. The van der Waals surface area contributed by atoms with Crippen molar-refractivity contribution in [2.24, 2.45) is 11.5 Å². The molecule has 0 aliphatic carbocycles. The number of hydrogen-bond donors (Lipinski definition) is 5. The fourth-order valence-electron chi connectivity index (χ4n) is 0.0577. The molecule has 0 spiro atoms. The monoisotopic (exact) mass is 234 g/mol. The van der Waals surface area contributed by atoms with Crippen LogP contribution in [-0.4, -0.2) is 46.5 Å². The van der Waals surface area contributed by atoms with Gasteiger partial charge in [0, 0.05) is 0 Å². The van der Waals surface area contributed by atoms with Crippen molar-refractivity contribution in [1.82, 2.24) is 0 Å². The van der Waals surface area contributed by atoms with Crippen LogP contribution >= 0.6 is 0 Å². The van der Waals surface area contributed by atoms with Crippen LogP contribution in [0.2, 0.25) is 0 Å². The van der Waals surface area contributed by atoms with Crippen LogP contribution in [0.4, 0.5) is 0 Å². The largest absolute Gasteiger partial charge is 0.394 e. The summed E-state index contributed by atoms with van der Waals surface area (Å²) in [6, 6.07) is 0. The van der Waals surface area contributed by atoms with Gasteiger partial charge < -0.3 is 26.8 Å². The first-order valence-electron chi connectivity index (χ1n) is 4.09. The van der Waals surface area contributed by atoms with Crippen LogP contribution < -0.4 is 11.5 Å². The number of aliphatic hydroxyl groups is 3. The highest BCUT2D eigenvalue weighted by atomic mass is 16.3. The minimum atomic E-state index is -0.954. The van der Waals surface area contributed by atoms with Gasteiger partial charge in [0.1, 0.15) is 6.10 Å². The first kappa shape index (κ1) is 19.8. The minimum Gasteiger partial charge on any atom is -0.394 e. The van der Waals surface area contributed by atoms with Crippen LogP contribution in [-0.2, 0) is 9.59 Å². The van der Waals surface area contributed by atoms with E-state index in [1.807, 2.05) is 0 Å². The van der Waals surface area contributed by atoms with Gasteiger partial charge in [-0.25, -0.2) is 0 Å². The summed E-state index contributed by atoms with van der Waals surface area (Å²) >= 11 is 0. The molecule has 0 heterocycles. The fourth-order valence-corrected chi connectivity index (χ4v) is 0.0577. The minimum absolute atomic E-state index is 0.365. The first-order valence-corrected chi connectivity index (χ1v) is 4.09. The quantitative estimate of drug-likeness (QED) is 0.345. The third kappa shape index (κ3) is 39.6. The lowest BCUT2D eigenvalue weighted by Gasteiger charge is -1.96. The van der Waals surface area contributed by atoms with Gasteiger partial charge in [0.15, 0.2) is 0 Å². The summed E-state index contributed by atoms with van der Waals surface area (Å²) in [6.07, 6.45) is 1.16. The van der Waals surface area contributed by atoms with E-state index in [4.69, 9.17) is 15.3 Å². The molecule has 2 amide bonds. The third-order valence-electron chi connectivity index (χ3n) is 0.824. The smallest absolute Gasteiger partial charge is 0.240 e. The number of rotatable bonds is 4. The summed E-state index contributed by atoms with van der Waals surface area (Å²) in [5.74, 6) is -0.963. The molecule has 0 radical (unpaired) electrons. The van der Waals surface area contributed by atoms with Crippen molar-refractivity contribution in [2.45, 2.75) is 6.10 Å². The number of primary amides is 2. The molecule has 94 valence electrons. The summed E-state index contributed by atoms with van der Waals surface area (Å²) in [5.41, 5.74) is 9.07. The zero-order valence-electron chi connectivity index (χ0n) is 8.87. The topological polar surface area (TPSA) is 147 Å². The number of amides is 2. The van der Waals surface area contributed by atoms with Gasteiger partial charge in [-0.3, -0.25) is 9.59 Å². The summed E-state index contributed by atoms with van der Waals surface area (Å²) in [6.45, 7) is 5.44. The van der Waals surface area contributed by atoms with Gasteiger partial charge in [0.2, 0.25) is 11.8 Å². The predicted molar refractivity (Wildman–Crippen MR) is 59.0 cm³/mol.